The van der Waals surface area contributed by atoms with Gasteiger partial charge in [-0.15, -0.1) is 0 Å². The second-order valence-electron chi connectivity index (χ2n) is 14.2. The van der Waals surface area contributed by atoms with E-state index in [1.807, 2.05) is 0 Å². The summed E-state index contributed by atoms with van der Waals surface area (Å²) < 4.78 is 2.02. The summed E-state index contributed by atoms with van der Waals surface area (Å²) in [6, 6.07) is 0. The Morgan fingerprint density at radius 2 is 0.895 bits per heavy atom. The van der Waals surface area contributed by atoms with Gasteiger partial charge in [0.05, 0.1) is 0 Å². The summed E-state index contributed by atoms with van der Waals surface area (Å²) >= 11 is 0. The van der Waals surface area contributed by atoms with Crippen LogP contribution >= 0.6 is 0 Å². The Balaban J connectivity index is 1.68. The summed E-state index contributed by atoms with van der Waals surface area (Å²) in [5, 5.41) is 0. The van der Waals surface area contributed by atoms with Crippen molar-refractivity contribution in [2.24, 2.45) is 10.8 Å². The first-order chi connectivity index (χ1) is 8.44. The standard InChI is InChI=1S/C13H21.C5H5.Fe/c1-12(2,3)10-8-7-9-11(10)13(4,5)6;1-2-4-5-3-1;/h7-9H,1-6H3;1-5H;. The van der Waals surface area contributed by atoms with E-state index in [1.165, 1.54) is 38.5 Å². The van der Waals surface area contributed by atoms with Gasteiger partial charge >= 0.3 is 106 Å². The molecule has 106 valence electrons. The average Bonchev–Trinajstić information content (AvgIpc) is 3.21. The molecular weight excluding hydrogens is 272 g/mol. The van der Waals surface area contributed by atoms with Gasteiger partial charge in [-0.05, 0) is 0 Å². The van der Waals surface area contributed by atoms with Crippen LogP contribution in [0.1, 0.15) is 41.5 Å². The first kappa shape index (κ1) is 8.23. The molecule has 0 radical (unpaired) electrons. The van der Waals surface area contributed by atoms with Gasteiger partial charge in [0.2, 0.25) is 0 Å². The molecule has 10 heterocycles. The Kier molecular flexibility index (Phi) is 0.282. The van der Waals surface area contributed by atoms with Crippen molar-refractivity contribution >= 4 is 0 Å². The Bertz CT molecular complexity index is 973. The van der Waals surface area contributed by atoms with Gasteiger partial charge in [0.15, 0.2) is 0 Å². The summed E-state index contributed by atoms with van der Waals surface area (Å²) in [5.74, 6) is 0. The van der Waals surface area contributed by atoms with Crippen molar-refractivity contribution in [3.05, 3.63) is 0 Å². The van der Waals surface area contributed by atoms with Gasteiger partial charge in [0, 0.05) is 0 Å². The van der Waals surface area contributed by atoms with Crippen LogP contribution < -0.4 is 0 Å². The summed E-state index contributed by atoms with van der Waals surface area (Å²) in [6.45, 7) is 13.0. The monoisotopic (exact) mass is 298 g/mol. The number of rotatable bonds is 0. The van der Waals surface area contributed by atoms with Crippen molar-refractivity contribution in [1.29, 1.82) is 0 Å². The van der Waals surface area contributed by atoms with E-state index in [9.17, 15) is 0 Å². The van der Waals surface area contributed by atoms with E-state index in [1.54, 1.807) is 0 Å². The molecule has 0 aromatic rings. The van der Waals surface area contributed by atoms with Gasteiger partial charge in [-0.25, -0.2) is 0 Å². The molecule has 10 aliphatic heterocycles. The quantitative estimate of drug-likeness (QED) is 0.466. The Labute approximate surface area is 106 Å². The molecule has 10 rings (SSSR count). The Hall–Kier alpha value is 0.519. The zero-order valence-electron chi connectivity index (χ0n) is 13.0. The molecule has 10 aliphatic rings. The van der Waals surface area contributed by atoms with E-state index in [-0.39, 0.29) is 0 Å². The van der Waals surface area contributed by atoms with Crippen LogP contribution in [0.2, 0.25) is 47.2 Å². The van der Waals surface area contributed by atoms with Crippen molar-refractivity contribution in [2.75, 3.05) is 0 Å². The zero-order valence-corrected chi connectivity index (χ0v) is 14.1. The molecule has 0 aromatic carbocycles. The predicted molar refractivity (Wildman–Crippen MR) is 74.3 cm³/mol. The fourth-order valence-electron chi connectivity index (χ4n) is 21.0. The molecule has 0 aromatic heterocycles. The molecule has 10 saturated heterocycles. The number of fused-ring (bicyclic) bond motifs is 10. The number of hydrogen-bond acceptors (Lipinski definition) is 0. The fourth-order valence-corrected chi connectivity index (χ4v) is 103. The molecule has 4 atom stereocenters. The minimum atomic E-state index is -3.09. The molecule has 0 N–H and O–H groups in total. The molecule has 0 nitrogen and oxygen atoms in total. The van der Waals surface area contributed by atoms with Crippen molar-refractivity contribution in [1.82, 2.24) is 0 Å². The van der Waals surface area contributed by atoms with Gasteiger partial charge in [0.25, 0.3) is 0 Å². The molecule has 0 bridgehead atoms. The molecule has 10 fully saturated rings. The zero-order chi connectivity index (χ0) is 12.9. The third-order valence-corrected chi connectivity index (χ3v) is 60.9. The van der Waals surface area contributed by atoms with E-state index in [2.05, 4.69) is 41.5 Å². The van der Waals surface area contributed by atoms with Gasteiger partial charge in [-0.2, -0.15) is 0 Å². The van der Waals surface area contributed by atoms with Crippen LogP contribution in [0.4, 0.5) is 0 Å². The van der Waals surface area contributed by atoms with Crippen LogP contribution in [-0.2, 0) is 6.51 Å². The second-order valence-corrected chi connectivity index (χ2v) is 37.5. The average molecular weight is 298 g/mol. The molecule has 0 aliphatic carbocycles. The van der Waals surface area contributed by atoms with Crippen LogP contribution in [0.25, 0.3) is 0 Å². The third kappa shape index (κ3) is 0.0838. The minimum absolute atomic E-state index is 0.657. The van der Waals surface area contributed by atoms with E-state index in [0.29, 0.717) is 10.8 Å². The Morgan fingerprint density at radius 1 is 0.579 bits per heavy atom. The maximum atomic E-state index is 2.68. The van der Waals surface area contributed by atoms with Crippen LogP contribution in [0.5, 0.6) is 0 Å². The first-order valence-corrected chi connectivity index (χ1v) is 14.9. The summed E-state index contributed by atoms with van der Waals surface area (Å²) in [5.41, 5.74) is 1.31. The van der Waals surface area contributed by atoms with Crippen molar-refractivity contribution in [2.45, 2.75) is 88.7 Å². The van der Waals surface area contributed by atoms with E-state index < -0.39 is 6.51 Å². The Morgan fingerprint density at radius 3 is 1.00 bits per heavy atom. The van der Waals surface area contributed by atoms with Crippen molar-refractivity contribution in [3.63, 3.8) is 0 Å². The van der Waals surface area contributed by atoms with E-state index >= 15 is 0 Å². The van der Waals surface area contributed by atoms with Crippen LogP contribution in [0.3, 0.4) is 0 Å². The summed E-state index contributed by atoms with van der Waals surface area (Å²) in [7, 11) is 0. The maximum absolute atomic E-state index is 3.09. The van der Waals surface area contributed by atoms with Gasteiger partial charge in [0.1, 0.15) is 0 Å². The SMILES string of the molecule is CC(C)(C)[C]12[CH]3[CH]4[CH]5[C]1(C(C)(C)C)[Fe]43521678[CH]2[CH]1[CH]6[CH]7[CH]28. The van der Waals surface area contributed by atoms with Crippen LogP contribution in [0, 0.1) is 10.8 Å². The van der Waals surface area contributed by atoms with Crippen LogP contribution in [0.15, 0.2) is 0 Å². The topological polar surface area (TPSA) is 0 Å². The summed E-state index contributed by atoms with van der Waals surface area (Å²) in [6.07, 6.45) is 0. The normalized spacial score (nSPS) is 114. The van der Waals surface area contributed by atoms with Gasteiger partial charge in [-0.3, -0.25) is 0 Å². The number of hydrogen-bond donors (Lipinski definition) is 0. The predicted octanol–water partition coefficient (Wildman–Crippen LogP) is 6.21. The van der Waals surface area contributed by atoms with Gasteiger partial charge in [-0.1, -0.05) is 0 Å². The molecule has 0 amide bonds. The van der Waals surface area contributed by atoms with Gasteiger partial charge < -0.3 is 0 Å². The fraction of sp³-hybridized carbons (Fsp3) is 1.00. The summed E-state index contributed by atoms with van der Waals surface area (Å²) in [4.78, 5) is 11.6. The van der Waals surface area contributed by atoms with Crippen molar-refractivity contribution < 1.29 is 6.51 Å². The molecule has 4 unspecified atom stereocenters. The van der Waals surface area contributed by atoms with Crippen LogP contribution in [-0.4, -0.2) is 0 Å². The molecule has 1 heteroatoms. The molecule has 1 spiro atoms. The van der Waals surface area contributed by atoms with Crippen molar-refractivity contribution in [3.8, 4) is 0 Å². The molecular formula is C18H26Fe. The van der Waals surface area contributed by atoms with E-state index in [0.717, 1.165) is 8.63 Å². The second kappa shape index (κ2) is 0.650. The van der Waals surface area contributed by atoms with E-state index in [4.69, 9.17) is 0 Å². The molecule has 0 saturated carbocycles. The first-order valence-electron chi connectivity index (χ1n) is 8.65. The molecule has 19 heavy (non-hydrogen) atoms. The third-order valence-electron chi connectivity index (χ3n) is 17.0.